The lowest BCUT2D eigenvalue weighted by molar-refractivity contribution is -0.156. The molecule has 7 rings (SSSR count). The number of rotatable bonds is 10. The number of nitrogens with zero attached hydrogens (tertiary/aromatic N) is 4. The number of nitrogens with two attached hydrogens (primary N) is 1. The first-order valence-corrected chi connectivity index (χ1v) is 14.1. The summed E-state index contributed by atoms with van der Waals surface area (Å²) in [6, 6.07) is 6.71. The van der Waals surface area contributed by atoms with Crippen molar-refractivity contribution in [1.29, 1.82) is 0 Å². The average Bonchev–Trinajstić information content (AvgIpc) is 3.00. The molecule has 228 valence electrons. The van der Waals surface area contributed by atoms with Crippen molar-refractivity contribution >= 4 is 34.5 Å². The summed E-state index contributed by atoms with van der Waals surface area (Å²) in [5.74, 6) is -4.55. The Morgan fingerprint density at radius 1 is 1.19 bits per heavy atom. The highest BCUT2D eigenvalue weighted by Gasteiger charge is 2.52. The number of ether oxygens (including phenoxy) is 3. The summed E-state index contributed by atoms with van der Waals surface area (Å²) >= 11 is 0. The van der Waals surface area contributed by atoms with E-state index in [1.807, 2.05) is 13.1 Å². The Morgan fingerprint density at radius 2 is 1.98 bits per heavy atom. The number of carbonyl (C=O) groups excluding carboxylic acids is 2. The third-order valence-electron chi connectivity index (χ3n) is 8.85. The van der Waals surface area contributed by atoms with Crippen molar-refractivity contribution in [2.75, 3.05) is 37.1 Å². The predicted molar refractivity (Wildman–Crippen MR) is 149 cm³/mol. The second-order valence-electron chi connectivity index (χ2n) is 11.4. The number of pyridine rings is 3. The molecule has 0 atom stereocenters. The highest BCUT2D eigenvalue weighted by atomic mass is 19.3. The van der Waals surface area contributed by atoms with Crippen LogP contribution in [0.25, 0.3) is 11.0 Å². The molecule has 14 heteroatoms. The molecule has 0 unspecified atom stereocenters. The van der Waals surface area contributed by atoms with Crippen molar-refractivity contribution < 1.29 is 37.0 Å². The fourth-order valence-electron chi connectivity index (χ4n) is 6.04. The number of halogens is 3. The monoisotopic (exact) mass is 600 g/mol. The second kappa shape index (κ2) is 10.8. The van der Waals surface area contributed by atoms with Gasteiger partial charge in [0.2, 0.25) is 5.88 Å². The summed E-state index contributed by atoms with van der Waals surface area (Å²) in [6.45, 7) is -0.0617. The van der Waals surface area contributed by atoms with Crippen LogP contribution in [0.3, 0.4) is 0 Å². The van der Waals surface area contributed by atoms with Crippen molar-refractivity contribution in [2.45, 2.75) is 62.0 Å². The molecule has 2 saturated heterocycles. The zero-order valence-corrected chi connectivity index (χ0v) is 23.5. The van der Waals surface area contributed by atoms with E-state index in [0.29, 0.717) is 47.9 Å². The van der Waals surface area contributed by atoms with Gasteiger partial charge in [-0.2, -0.15) is 8.78 Å². The predicted octanol–water partition coefficient (Wildman–Crippen LogP) is 3.54. The Morgan fingerprint density at radius 3 is 2.70 bits per heavy atom. The zero-order valence-electron chi connectivity index (χ0n) is 23.5. The van der Waals surface area contributed by atoms with Crippen LogP contribution in [0.5, 0.6) is 11.6 Å². The van der Waals surface area contributed by atoms with E-state index in [-0.39, 0.29) is 29.4 Å². The van der Waals surface area contributed by atoms with Gasteiger partial charge in [-0.15, -0.1) is 0 Å². The first-order valence-electron chi connectivity index (χ1n) is 14.1. The number of alkyl halides is 2. The third kappa shape index (κ3) is 5.51. The lowest BCUT2D eigenvalue weighted by Crippen LogP contribution is -2.62. The number of anilines is 2. The zero-order chi connectivity index (χ0) is 30.4. The molecule has 3 aromatic heterocycles. The molecule has 1 saturated carbocycles. The van der Waals surface area contributed by atoms with Crippen molar-refractivity contribution in [1.82, 2.24) is 15.0 Å². The molecule has 0 aromatic carbocycles. The number of aryl methyl sites for hydroxylation is 1. The summed E-state index contributed by atoms with van der Waals surface area (Å²) in [7, 11) is 1.97. The Balaban J connectivity index is 1.13. The number of aromatic nitrogens is 3. The number of likely N-dealkylation sites (N-methyl/N-ethyl adjacent to an activating group) is 1. The van der Waals surface area contributed by atoms with Gasteiger partial charge in [0.25, 0.3) is 11.8 Å². The molecule has 1 aliphatic carbocycles. The van der Waals surface area contributed by atoms with Gasteiger partial charge in [-0.25, -0.2) is 14.4 Å². The Bertz CT molecular complexity index is 1560. The molecule has 0 radical (unpaired) electrons. The maximum atomic E-state index is 15.1. The summed E-state index contributed by atoms with van der Waals surface area (Å²) in [4.78, 5) is 37.8. The largest absolute Gasteiger partial charge is 0.480 e. The number of hydrogen-bond donors (Lipinski definition) is 2. The van der Waals surface area contributed by atoms with Crippen LogP contribution in [-0.4, -0.2) is 70.7 Å². The number of primary amides is 1. The number of nitrogens with one attached hydrogen (secondary N) is 1. The van der Waals surface area contributed by atoms with Gasteiger partial charge in [0.15, 0.2) is 18.2 Å². The fourth-order valence-corrected chi connectivity index (χ4v) is 6.04. The third-order valence-corrected chi connectivity index (χ3v) is 8.85. The van der Waals surface area contributed by atoms with Crippen LogP contribution in [-0.2, 0) is 20.7 Å². The molecular formula is C29H31F3N6O5. The standard InChI is InChI=1S/C29H31F3N6O5/c1-38(21-4-3-20-25(35-21)36-22(39)15-42-20)27-8-10-28(11-9-27,43-16-27)7-6-17-18(30)14-34-19-2-5-23(37-24(17)19)41-13-12-29(31,32)26(33)40/h2-5,14H,6-13,15-16H2,1H3,(H2,33,40)(H,35,36,39). The van der Waals surface area contributed by atoms with Gasteiger partial charge in [0.05, 0.1) is 48.0 Å². The normalized spacial score (nSPS) is 22.9. The summed E-state index contributed by atoms with van der Waals surface area (Å²) in [5.41, 5.74) is 5.09. The minimum absolute atomic E-state index is 0.0147. The summed E-state index contributed by atoms with van der Waals surface area (Å²) in [6.07, 6.45) is 4.35. The molecule has 0 spiro atoms. The molecular weight excluding hydrogens is 569 g/mol. The van der Waals surface area contributed by atoms with Crippen LogP contribution in [0.1, 0.15) is 44.1 Å². The second-order valence-corrected chi connectivity index (χ2v) is 11.4. The minimum atomic E-state index is -3.70. The molecule has 43 heavy (non-hydrogen) atoms. The molecule has 3 aromatic rings. The highest BCUT2D eigenvalue weighted by Crippen LogP contribution is 2.49. The number of amides is 2. The van der Waals surface area contributed by atoms with Crippen LogP contribution < -0.4 is 25.4 Å². The van der Waals surface area contributed by atoms with Gasteiger partial charge in [-0.1, -0.05) is 0 Å². The Kier molecular flexibility index (Phi) is 7.27. The van der Waals surface area contributed by atoms with Crippen LogP contribution in [0.15, 0.2) is 30.5 Å². The van der Waals surface area contributed by atoms with E-state index in [0.717, 1.165) is 31.9 Å². The average molecular weight is 601 g/mol. The summed E-state index contributed by atoms with van der Waals surface area (Å²) in [5, 5.41) is 2.75. The topological polar surface area (TPSA) is 142 Å². The van der Waals surface area contributed by atoms with E-state index < -0.39 is 36.3 Å². The lowest BCUT2D eigenvalue weighted by Gasteiger charge is -2.56. The van der Waals surface area contributed by atoms with Gasteiger partial charge >= 0.3 is 5.92 Å². The molecule has 2 amide bonds. The summed E-state index contributed by atoms with van der Waals surface area (Å²) < 4.78 is 59.4. The van der Waals surface area contributed by atoms with Crippen molar-refractivity contribution in [3.8, 4) is 11.6 Å². The van der Waals surface area contributed by atoms with Crippen LogP contribution in [0.4, 0.5) is 24.8 Å². The van der Waals surface area contributed by atoms with E-state index in [4.69, 9.17) is 19.9 Å². The molecule has 11 nitrogen and oxygen atoms in total. The first kappa shape index (κ1) is 28.9. The van der Waals surface area contributed by atoms with E-state index in [9.17, 15) is 18.4 Å². The van der Waals surface area contributed by atoms with E-state index in [2.05, 4.69) is 25.2 Å². The van der Waals surface area contributed by atoms with Crippen LogP contribution >= 0.6 is 0 Å². The molecule has 3 aliphatic heterocycles. The van der Waals surface area contributed by atoms with Crippen LogP contribution in [0.2, 0.25) is 0 Å². The first-order chi connectivity index (χ1) is 20.5. The van der Waals surface area contributed by atoms with Crippen molar-refractivity contribution in [3.63, 3.8) is 0 Å². The number of fused-ring (bicyclic) bond motifs is 5. The van der Waals surface area contributed by atoms with Crippen molar-refractivity contribution in [3.05, 3.63) is 41.8 Å². The van der Waals surface area contributed by atoms with Gasteiger partial charge in [-0.05, 0) is 56.7 Å². The highest BCUT2D eigenvalue weighted by molar-refractivity contribution is 5.94. The van der Waals surface area contributed by atoms with E-state index in [1.165, 1.54) is 6.07 Å². The van der Waals surface area contributed by atoms with Gasteiger partial charge < -0.3 is 30.2 Å². The SMILES string of the molecule is CN(c1ccc2c(n1)NC(=O)CO2)C12CCC(CCc3c(F)cnc4ccc(OCCC(F)(F)C(N)=O)nc34)(CC1)OC2. The van der Waals surface area contributed by atoms with Gasteiger partial charge in [-0.3, -0.25) is 14.6 Å². The molecule has 6 heterocycles. The van der Waals surface area contributed by atoms with Crippen LogP contribution in [0, 0.1) is 5.82 Å². The minimum Gasteiger partial charge on any atom is -0.480 e. The van der Waals surface area contributed by atoms with E-state index >= 15 is 4.39 Å². The molecule has 2 bridgehead atoms. The number of hydrogen-bond acceptors (Lipinski definition) is 9. The smallest absolute Gasteiger partial charge is 0.327 e. The van der Waals surface area contributed by atoms with E-state index in [1.54, 1.807) is 12.1 Å². The maximum Gasteiger partial charge on any atom is 0.327 e. The van der Waals surface area contributed by atoms with Gasteiger partial charge in [0, 0.05) is 18.7 Å². The number of carbonyl (C=O) groups is 2. The van der Waals surface area contributed by atoms with Gasteiger partial charge in [0.1, 0.15) is 11.6 Å². The lowest BCUT2D eigenvalue weighted by atomic mass is 9.68. The quantitative estimate of drug-likeness (QED) is 0.357. The fraction of sp³-hybridized carbons (Fsp3) is 0.483. The van der Waals surface area contributed by atoms with Crippen molar-refractivity contribution in [2.24, 2.45) is 5.73 Å². The molecule has 3 fully saturated rings. The molecule has 3 N–H and O–H groups in total. The molecule has 4 aliphatic rings. The Labute approximate surface area is 244 Å². The maximum absolute atomic E-state index is 15.1. The Hall–Kier alpha value is -4.20.